The van der Waals surface area contributed by atoms with Crippen molar-refractivity contribution < 1.29 is 14.6 Å². The quantitative estimate of drug-likeness (QED) is 0.735. The summed E-state index contributed by atoms with van der Waals surface area (Å²) in [6.45, 7) is 1.31. The number of aromatic hydroxyl groups is 1. The van der Waals surface area contributed by atoms with Gasteiger partial charge in [0.25, 0.3) is 0 Å². The first-order valence-electron chi connectivity index (χ1n) is 6.10. The molecule has 1 aliphatic heterocycles. The van der Waals surface area contributed by atoms with Crippen molar-refractivity contribution in [1.82, 2.24) is 0 Å². The van der Waals surface area contributed by atoms with Crippen molar-refractivity contribution >= 4 is 24.0 Å². The van der Waals surface area contributed by atoms with Gasteiger partial charge in [-0.05, 0) is 30.9 Å². The van der Waals surface area contributed by atoms with Crippen molar-refractivity contribution in [3.8, 4) is 5.75 Å². The van der Waals surface area contributed by atoms with Crippen LogP contribution >= 0.6 is 12.4 Å². The van der Waals surface area contributed by atoms with Crippen LogP contribution in [0.2, 0.25) is 0 Å². The van der Waals surface area contributed by atoms with Gasteiger partial charge in [-0.15, -0.1) is 12.4 Å². The molecule has 0 saturated carbocycles. The van der Waals surface area contributed by atoms with Crippen LogP contribution in [-0.2, 0) is 9.53 Å². The minimum atomic E-state index is -0.562. The summed E-state index contributed by atoms with van der Waals surface area (Å²) in [6, 6.07) is 6.05. The van der Waals surface area contributed by atoms with E-state index in [2.05, 4.69) is 5.32 Å². The summed E-state index contributed by atoms with van der Waals surface area (Å²) in [5.41, 5.74) is 6.33. The molecule has 1 aliphatic rings. The lowest BCUT2D eigenvalue weighted by Crippen LogP contribution is -2.44. The molecule has 1 unspecified atom stereocenters. The van der Waals surface area contributed by atoms with E-state index in [4.69, 9.17) is 10.5 Å². The zero-order valence-corrected chi connectivity index (χ0v) is 11.4. The number of rotatable bonds is 3. The Morgan fingerprint density at radius 1 is 1.37 bits per heavy atom. The zero-order valence-electron chi connectivity index (χ0n) is 10.5. The topological polar surface area (TPSA) is 84.6 Å². The molecule has 1 heterocycles. The van der Waals surface area contributed by atoms with Gasteiger partial charge in [0.1, 0.15) is 5.75 Å². The third-order valence-corrected chi connectivity index (χ3v) is 3.24. The largest absolute Gasteiger partial charge is 0.506 e. The van der Waals surface area contributed by atoms with Gasteiger partial charge in [0.2, 0.25) is 5.91 Å². The summed E-state index contributed by atoms with van der Waals surface area (Å²) < 4.78 is 5.24. The Balaban J connectivity index is 0.00000180. The summed E-state index contributed by atoms with van der Waals surface area (Å²) >= 11 is 0. The van der Waals surface area contributed by atoms with Gasteiger partial charge in [0, 0.05) is 13.2 Å². The number of phenolic OH excluding ortho intramolecular Hbond substituents is 1. The Morgan fingerprint density at radius 3 is 2.63 bits per heavy atom. The maximum atomic E-state index is 12.0. The molecule has 4 N–H and O–H groups in total. The molecule has 0 aliphatic carbocycles. The van der Waals surface area contributed by atoms with Crippen LogP contribution in [0.15, 0.2) is 24.3 Å². The molecular formula is C13H19ClN2O3. The van der Waals surface area contributed by atoms with Crippen LogP contribution in [-0.4, -0.2) is 30.3 Å². The monoisotopic (exact) mass is 286 g/mol. The van der Waals surface area contributed by atoms with E-state index >= 15 is 0 Å². The molecule has 1 atom stereocenters. The third kappa shape index (κ3) is 4.09. The summed E-state index contributed by atoms with van der Waals surface area (Å²) in [5, 5.41) is 12.2. The van der Waals surface area contributed by atoms with Crippen LogP contribution in [0.3, 0.4) is 0 Å². The van der Waals surface area contributed by atoms with Crippen LogP contribution in [0.5, 0.6) is 5.75 Å². The maximum absolute atomic E-state index is 12.0. The van der Waals surface area contributed by atoms with Crippen LogP contribution in [0, 0.1) is 5.92 Å². The van der Waals surface area contributed by atoms with Gasteiger partial charge in [-0.2, -0.15) is 0 Å². The van der Waals surface area contributed by atoms with Crippen LogP contribution in [0.25, 0.3) is 0 Å². The number of hydrogen-bond donors (Lipinski definition) is 3. The molecular weight excluding hydrogens is 268 g/mol. The van der Waals surface area contributed by atoms with E-state index in [-0.39, 0.29) is 30.0 Å². The molecule has 5 nitrogen and oxygen atoms in total. The molecule has 2 rings (SSSR count). The molecule has 1 fully saturated rings. The van der Waals surface area contributed by atoms with E-state index < -0.39 is 6.04 Å². The fraction of sp³-hybridized carbons (Fsp3) is 0.462. The predicted molar refractivity (Wildman–Crippen MR) is 75.5 cm³/mol. The first-order chi connectivity index (χ1) is 8.68. The number of para-hydroxylation sites is 2. The summed E-state index contributed by atoms with van der Waals surface area (Å²) in [4.78, 5) is 12.0. The third-order valence-electron chi connectivity index (χ3n) is 3.24. The van der Waals surface area contributed by atoms with Gasteiger partial charge < -0.3 is 20.9 Å². The molecule has 0 spiro atoms. The number of halogens is 1. The number of benzene rings is 1. The second-order valence-corrected chi connectivity index (χ2v) is 4.48. The highest BCUT2D eigenvalue weighted by Crippen LogP contribution is 2.23. The number of nitrogens with two attached hydrogens (primary N) is 1. The predicted octanol–water partition coefficient (Wildman–Crippen LogP) is 1.51. The SMILES string of the molecule is Cl.NC(C(=O)Nc1ccccc1O)C1CCOCC1. The summed E-state index contributed by atoms with van der Waals surface area (Å²) in [6.07, 6.45) is 1.60. The minimum Gasteiger partial charge on any atom is -0.506 e. The first kappa shape index (κ1) is 15.8. The van der Waals surface area contributed by atoms with Gasteiger partial charge in [0.15, 0.2) is 0 Å². The average molecular weight is 287 g/mol. The lowest BCUT2D eigenvalue weighted by molar-refractivity contribution is -0.119. The summed E-state index contributed by atoms with van der Waals surface area (Å²) in [5.74, 6) is -0.0713. The Bertz CT molecular complexity index is 422. The van der Waals surface area contributed by atoms with Gasteiger partial charge in [-0.1, -0.05) is 12.1 Å². The number of anilines is 1. The van der Waals surface area contributed by atoms with Crippen molar-refractivity contribution in [1.29, 1.82) is 0 Å². The van der Waals surface area contributed by atoms with Crippen LogP contribution in [0.4, 0.5) is 5.69 Å². The number of carbonyl (C=O) groups is 1. The smallest absolute Gasteiger partial charge is 0.241 e. The van der Waals surface area contributed by atoms with E-state index in [1.54, 1.807) is 18.2 Å². The van der Waals surface area contributed by atoms with Crippen molar-refractivity contribution in [3.05, 3.63) is 24.3 Å². The molecule has 19 heavy (non-hydrogen) atoms. The van der Waals surface area contributed by atoms with Gasteiger partial charge in [0.05, 0.1) is 11.7 Å². The number of amides is 1. The van der Waals surface area contributed by atoms with Crippen LogP contribution in [0.1, 0.15) is 12.8 Å². The number of ether oxygens (including phenoxy) is 1. The lowest BCUT2D eigenvalue weighted by Gasteiger charge is -2.26. The van der Waals surface area contributed by atoms with Crippen molar-refractivity contribution in [2.24, 2.45) is 11.7 Å². The molecule has 1 amide bonds. The molecule has 106 valence electrons. The fourth-order valence-electron chi connectivity index (χ4n) is 2.08. The molecule has 1 saturated heterocycles. The van der Waals surface area contributed by atoms with Crippen LogP contribution < -0.4 is 11.1 Å². The number of phenols is 1. The Kier molecular flexibility index (Phi) is 6.08. The summed E-state index contributed by atoms with van der Waals surface area (Å²) in [7, 11) is 0. The highest BCUT2D eigenvalue weighted by molar-refractivity contribution is 5.96. The lowest BCUT2D eigenvalue weighted by atomic mass is 9.92. The van der Waals surface area contributed by atoms with Gasteiger partial charge in [-0.25, -0.2) is 0 Å². The molecule has 1 aromatic rings. The number of hydrogen-bond acceptors (Lipinski definition) is 4. The van der Waals surface area contributed by atoms with E-state index in [0.717, 1.165) is 12.8 Å². The van der Waals surface area contributed by atoms with Crippen molar-refractivity contribution in [2.45, 2.75) is 18.9 Å². The molecule has 0 bridgehead atoms. The minimum absolute atomic E-state index is 0. The molecule has 6 heteroatoms. The Morgan fingerprint density at radius 2 is 2.00 bits per heavy atom. The van der Waals surface area contributed by atoms with E-state index in [0.29, 0.717) is 18.9 Å². The van der Waals surface area contributed by atoms with Gasteiger partial charge in [-0.3, -0.25) is 4.79 Å². The Hall–Kier alpha value is -1.30. The average Bonchev–Trinajstić information content (AvgIpc) is 2.41. The normalized spacial score (nSPS) is 17.3. The van der Waals surface area contributed by atoms with E-state index in [9.17, 15) is 9.90 Å². The van der Waals surface area contributed by atoms with Crippen molar-refractivity contribution in [2.75, 3.05) is 18.5 Å². The number of nitrogens with one attached hydrogen (secondary N) is 1. The molecule has 0 aromatic heterocycles. The fourth-order valence-corrected chi connectivity index (χ4v) is 2.08. The second-order valence-electron chi connectivity index (χ2n) is 4.48. The van der Waals surface area contributed by atoms with E-state index in [1.807, 2.05) is 0 Å². The maximum Gasteiger partial charge on any atom is 0.241 e. The highest BCUT2D eigenvalue weighted by atomic mass is 35.5. The Labute approximate surface area is 118 Å². The van der Waals surface area contributed by atoms with Crippen molar-refractivity contribution in [3.63, 3.8) is 0 Å². The molecule has 1 aromatic carbocycles. The molecule has 0 radical (unpaired) electrons. The van der Waals surface area contributed by atoms with Gasteiger partial charge >= 0.3 is 0 Å². The first-order valence-corrected chi connectivity index (χ1v) is 6.10. The zero-order chi connectivity index (χ0) is 13.0. The number of carbonyl (C=O) groups excluding carboxylic acids is 1. The second kappa shape index (κ2) is 7.33. The van der Waals surface area contributed by atoms with E-state index in [1.165, 1.54) is 6.07 Å². The standard InChI is InChI=1S/C13H18N2O3.ClH/c14-12(9-5-7-18-8-6-9)13(17)15-10-3-1-2-4-11(10)16;/h1-4,9,12,16H,5-8,14H2,(H,15,17);1H. The highest BCUT2D eigenvalue weighted by Gasteiger charge is 2.26.